The largest absolute Gasteiger partial charge is 0.548 e. The second kappa shape index (κ2) is 18.9. The molecular formula is C22H34FeN4O13-2. The van der Waals surface area contributed by atoms with Gasteiger partial charge in [-0.1, -0.05) is 0 Å². The fourth-order valence-electron chi connectivity index (χ4n) is 3.27. The van der Waals surface area contributed by atoms with E-state index in [1.54, 1.807) is 0 Å². The standard InChI is InChI=1S/C22H36N4O13.Fe/c1-13(27)25(38)9-5-3-7-15(19(31)32)23-17(29)11-22(37,21(35)36)12-18(30)24-16(20(33)34)8-4-6-10-26(39)14(2)28;/h15-16,37-39H,3-12H2,1-2H3,(H,23,29)(H,24,30)(H,31,32)(H,33,34)(H,35,36);/p-2/t15-,16-;/m0./s1. The van der Waals surface area contributed by atoms with Crippen LogP contribution in [0, 0.1) is 0 Å². The number of hydrogen-bond acceptors (Lipinski definition) is 12. The van der Waals surface area contributed by atoms with Crippen LogP contribution in [-0.4, -0.2) is 103 Å². The van der Waals surface area contributed by atoms with Crippen molar-refractivity contribution < 1.29 is 81.5 Å². The summed E-state index contributed by atoms with van der Waals surface area (Å²) < 4.78 is 0. The molecule has 0 bridgehead atoms. The number of carboxylic acids is 3. The molecule has 0 aromatic carbocycles. The fraction of sp³-hybridized carbons (Fsp3) is 0.682. The van der Waals surface area contributed by atoms with Gasteiger partial charge in [-0.15, -0.1) is 0 Å². The molecule has 0 saturated carbocycles. The van der Waals surface area contributed by atoms with E-state index in [2.05, 4.69) is 0 Å². The van der Waals surface area contributed by atoms with Gasteiger partial charge in [0.05, 0.1) is 36.9 Å². The Morgan fingerprint density at radius 2 is 1.05 bits per heavy atom. The summed E-state index contributed by atoms with van der Waals surface area (Å²) in [4.78, 5) is 80.8. The van der Waals surface area contributed by atoms with Crippen molar-refractivity contribution in [2.75, 3.05) is 13.1 Å². The van der Waals surface area contributed by atoms with Crippen molar-refractivity contribution in [3.05, 3.63) is 0 Å². The predicted molar refractivity (Wildman–Crippen MR) is 122 cm³/mol. The quantitative estimate of drug-likeness (QED) is 0.0348. The number of rotatable bonds is 19. The molecule has 17 nitrogen and oxygen atoms in total. The van der Waals surface area contributed by atoms with Crippen molar-refractivity contribution in [2.24, 2.45) is 0 Å². The summed E-state index contributed by atoms with van der Waals surface area (Å²) >= 11 is 0. The minimum absolute atomic E-state index is 0. The zero-order chi connectivity index (χ0) is 30.3. The third-order valence-electron chi connectivity index (χ3n) is 5.50. The number of hydrogen-bond donors (Lipinski definition) is 6. The van der Waals surface area contributed by atoms with E-state index in [9.17, 15) is 64.4 Å². The summed E-state index contributed by atoms with van der Waals surface area (Å²) in [6.07, 6.45) is -2.45. The van der Waals surface area contributed by atoms with Gasteiger partial charge in [-0.05, 0) is 38.5 Å². The maximum absolute atomic E-state index is 12.3. The Morgan fingerprint density at radius 3 is 1.30 bits per heavy atom. The molecule has 0 saturated heterocycles. The van der Waals surface area contributed by atoms with Crippen LogP contribution in [0.25, 0.3) is 0 Å². The molecule has 0 aliphatic carbocycles. The summed E-state index contributed by atoms with van der Waals surface area (Å²) in [5, 5.41) is 65.8. The van der Waals surface area contributed by atoms with Gasteiger partial charge >= 0.3 is 5.97 Å². The number of aliphatic hydroxyl groups is 1. The molecule has 2 atom stereocenters. The van der Waals surface area contributed by atoms with E-state index < -0.39 is 72.1 Å². The number of carbonyl (C=O) groups is 7. The molecular weight excluding hydrogens is 584 g/mol. The van der Waals surface area contributed by atoms with Crippen LogP contribution in [0.3, 0.4) is 0 Å². The molecule has 0 aliphatic heterocycles. The van der Waals surface area contributed by atoms with Gasteiger partial charge in [-0.2, -0.15) is 0 Å². The predicted octanol–water partition coefficient (Wildman–Crippen LogP) is -4.13. The molecule has 0 heterocycles. The number of nitrogens with one attached hydrogen (secondary N) is 2. The summed E-state index contributed by atoms with van der Waals surface area (Å²) in [7, 11) is 0. The third kappa shape index (κ3) is 15.3. The van der Waals surface area contributed by atoms with Gasteiger partial charge in [0.2, 0.25) is 23.6 Å². The number of carboxylic acid groups (broad SMARTS) is 3. The first-order valence-electron chi connectivity index (χ1n) is 11.9. The van der Waals surface area contributed by atoms with E-state index in [-0.39, 0.29) is 68.7 Å². The average Bonchev–Trinajstić information content (AvgIpc) is 2.81. The Kier molecular flexibility index (Phi) is 18.3. The van der Waals surface area contributed by atoms with Crippen molar-refractivity contribution in [3.63, 3.8) is 0 Å². The summed E-state index contributed by atoms with van der Waals surface area (Å²) in [5.74, 6) is -9.25. The Hall–Kier alpha value is -3.31. The van der Waals surface area contributed by atoms with Crippen LogP contribution in [0.5, 0.6) is 0 Å². The number of amides is 4. The molecule has 6 N–H and O–H groups in total. The van der Waals surface area contributed by atoms with Crippen molar-refractivity contribution >= 4 is 41.5 Å². The van der Waals surface area contributed by atoms with Crippen molar-refractivity contribution in [1.29, 1.82) is 0 Å². The van der Waals surface area contributed by atoms with Crippen LogP contribution in [0.15, 0.2) is 0 Å². The normalized spacial score (nSPS) is 12.2. The summed E-state index contributed by atoms with van der Waals surface area (Å²) in [5.41, 5.74) is -3.03. The van der Waals surface area contributed by atoms with E-state index in [1.165, 1.54) is 0 Å². The van der Waals surface area contributed by atoms with Gasteiger partial charge in [0.25, 0.3) is 0 Å². The zero-order valence-corrected chi connectivity index (χ0v) is 23.0. The van der Waals surface area contributed by atoms with E-state index in [4.69, 9.17) is 0 Å². The number of hydroxylamine groups is 4. The minimum Gasteiger partial charge on any atom is -0.548 e. The Balaban J connectivity index is 0. The Bertz CT molecular complexity index is 855. The average molecular weight is 618 g/mol. The second-order valence-electron chi connectivity index (χ2n) is 8.84. The molecule has 230 valence electrons. The van der Waals surface area contributed by atoms with Crippen LogP contribution in [0.4, 0.5) is 0 Å². The molecule has 40 heavy (non-hydrogen) atoms. The van der Waals surface area contributed by atoms with Crippen LogP contribution in [-0.2, 0) is 50.6 Å². The molecule has 0 aromatic rings. The number of unbranched alkanes of at least 4 members (excludes halogenated alkanes) is 2. The number of carbonyl (C=O) groups excluding carboxylic acids is 6. The Morgan fingerprint density at radius 1 is 0.725 bits per heavy atom. The maximum atomic E-state index is 12.3. The van der Waals surface area contributed by atoms with Crippen LogP contribution in [0.1, 0.15) is 65.2 Å². The van der Waals surface area contributed by atoms with Gasteiger partial charge in [0.15, 0.2) is 5.60 Å². The van der Waals surface area contributed by atoms with Gasteiger partial charge < -0.3 is 40.6 Å². The van der Waals surface area contributed by atoms with E-state index in [0.29, 0.717) is 10.1 Å². The van der Waals surface area contributed by atoms with Crippen LogP contribution in [0.2, 0.25) is 0 Å². The van der Waals surface area contributed by atoms with E-state index in [0.717, 1.165) is 13.8 Å². The minimum atomic E-state index is -3.03. The monoisotopic (exact) mass is 618 g/mol. The van der Waals surface area contributed by atoms with Gasteiger partial charge in [0, 0.05) is 44.0 Å². The maximum Gasteiger partial charge on any atom is 0.336 e. The van der Waals surface area contributed by atoms with Crippen LogP contribution >= 0.6 is 0 Å². The summed E-state index contributed by atoms with van der Waals surface area (Å²) in [6.45, 7) is 2.00. The van der Waals surface area contributed by atoms with Gasteiger partial charge in [-0.3, -0.25) is 29.6 Å². The van der Waals surface area contributed by atoms with Crippen LogP contribution < -0.4 is 20.8 Å². The third-order valence-corrected chi connectivity index (χ3v) is 5.50. The molecule has 0 spiro atoms. The summed E-state index contributed by atoms with van der Waals surface area (Å²) in [6, 6.07) is -3.23. The van der Waals surface area contributed by atoms with Crippen molar-refractivity contribution in [1.82, 2.24) is 20.8 Å². The molecule has 0 radical (unpaired) electrons. The Labute approximate surface area is 239 Å². The zero-order valence-electron chi connectivity index (χ0n) is 21.9. The second-order valence-corrected chi connectivity index (χ2v) is 8.84. The van der Waals surface area contributed by atoms with E-state index >= 15 is 0 Å². The molecule has 4 amide bonds. The molecule has 0 unspecified atom stereocenters. The first kappa shape index (κ1) is 38.8. The first-order valence-corrected chi connectivity index (χ1v) is 11.9. The topological polar surface area (TPSA) is 277 Å². The smallest absolute Gasteiger partial charge is 0.336 e. The van der Waals surface area contributed by atoms with E-state index in [1.807, 2.05) is 10.6 Å². The molecule has 0 aromatic heterocycles. The fourth-order valence-corrected chi connectivity index (χ4v) is 3.27. The number of nitrogens with zero attached hydrogens (tertiary/aromatic N) is 2. The van der Waals surface area contributed by atoms with Crippen molar-refractivity contribution in [2.45, 2.75) is 82.9 Å². The van der Waals surface area contributed by atoms with Crippen molar-refractivity contribution in [3.8, 4) is 0 Å². The molecule has 18 heteroatoms. The van der Waals surface area contributed by atoms with Gasteiger partial charge in [0.1, 0.15) is 0 Å². The van der Waals surface area contributed by atoms with Gasteiger partial charge in [-0.25, -0.2) is 14.9 Å². The molecule has 0 aliphatic rings. The number of aliphatic carboxylic acids is 3. The first-order chi connectivity index (χ1) is 18.0. The molecule has 0 fully saturated rings. The molecule has 0 rings (SSSR count). The SMILES string of the molecule is CC(=O)N(O)CCCC[C@H](NC(=O)CC(O)(CC(=O)N[C@@H](CCCCN(O)C(C)=O)C(=O)[O-])C(=O)O)C(=O)[O-].[Fe].